The van der Waals surface area contributed by atoms with Gasteiger partial charge in [0.25, 0.3) is 0 Å². The van der Waals surface area contributed by atoms with Gasteiger partial charge in [0.05, 0.1) is 31.1 Å². The van der Waals surface area contributed by atoms with Crippen molar-refractivity contribution in [3.8, 4) is 5.75 Å². The van der Waals surface area contributed by atoms with Crippen molar-refractivity contribution in [1.82, 2.24) is 14.9 Å². The van der Waals surface area contributed by atoms with Crippen LogP contribution in [0.15, 0.2) is 42.9 Å². The van der Waals surface area contributed by atoms with Gasteiger partial charge in [0.15, 0.2) is 0 Å². The first-order valence-corrected chi connectivity index (χ1v) is 10.9. The highest BCUT2D eigenvalue weighted by Crippen LogP contribution is 2.48. The molecule has 0 bridgehead atoms. The molecule has 1 aliphatic heterocycles. The van der Waals surface area contributed by atoms with Crippen LogP contribution >= 0.6 is 0 Å². The minimum Gasteiger partial charge on any atom is -0.490 e. The van der Waals surface area contributed by atoms with Gasteiger partial charge in [-0.25, -0.2) is 4.79 Å². The zero-order valence-electron chi connectivity index (χ0n) is 18.5. The molecule has 2 fully saturated rings. The van der Waals surface area contributed by atoms with Gasteiger partial charge in [0.2, 0.25) is 0 Å². The molecule has 1 aliphatic carbocycles. The fourth-order valence-electron chi connectivity index (χ4n) is 3.72. The van der Waals surface area contributed by atoms with Gasteiger partial charge in [-0.1, -0.05) is 6.07 Å². The van der Waals surface area contributed by atoms with Crippen LogP contribution in [0.1, 0.15) is 50.8 Å². The molecule has 0 unspecified atom stereocenters. The molecule has 1 saturated carbocycles. The normalized spacial score (nSPS) is 22.5. The van der Waals surface area contributed by atoms with Gasteiger partial charge >= 0.3 is 6.09 Å². The molecule has 3 atom stereocenters. The number of hydrogen-bond acceptors (Lipinski definition) is 6. The minimum absolute atomic E-state index is 0.0483. The Hall–Kier alpha value is -2.67. The standard InChI is InChI=1S/C24H31N3O4/c1-24(2,3)31-23(28)27-9-7-20(27)16-30-21-10-17(12-25-13-21)22-11-18(22)14-29-15-19-6-4-5-8-26-19/h4-6,8,10,12-13,18,20,22H,7,9,11,14-16H2,1-3H3/t18-,20-,22+/m0/s1. The van der Waals surface area contributed by atoms with Gasteiger partial charge in [-0.2, -0.15) is 0 Å². The third-order valence-corrected chi connectivity index (χ3v) is 5.61. The van der Waals surface area contributed by atoms with Crippen LogP contribution < -0.4 is 4.74 Å². The second-order valence-electron chi connectivity index (χ2n) is 9.32. The summed E-state index contributed by atoms with van der Waals surface area (Å²) in [5.41, 5.74) is 1.65. The van der Waals surface area contributed by atoms with E-state index in [1.54, 1.807) is 17.3 Å². The highest BCUT2D eigenvalue weighted by Gasteiger charge is 2.39. The molecule has 166 valence electrons. The Morgan fingerprint density at radius 1 is 1.23 bits per heavy atom. The van der Waals surface area contributed by atoms with E-state index < -0.39 is 5.60 Å². The Morgan fingerprint density at radius 2 is 2.10 bits per heavy atom. The summed E-state index contributed by atoms with van der Waals surface area (Å²) in [5, 5.41) is 0. The maximum Gasteiger partial charge on any atom is 0.410 e. The number of amides is 1. The van der Waals surface area contributed by atoms with E-state index in [4.69, 9.17) is 14.2 Å². The Morgan fingerprint density at radius 3 is 2.81 bits per heavy atom. The zero-order chi connectivity index (χ0) is 21.8. The molecule has 7 heteroatoms. The molecule has 2 aromatic heterocycles. The molecule has 3 heterocycles. The average molecular weight is 426 g/mol. The molecule has 1 amide bonds. The SMILES string of the molecule is CC(C)(C)OC(=O)N1CC[C@H]1COc1cncc([C@H]2C[C@H]2COCc2ccccn2)c1. The van der Waals surface area contributed by atoms with Crippen LogP contribution in [0.4, 0.5) is 4.79 Å². The van der Waals surface area contributed by atoms with Gasteiger partial charge in [0, 0.05) is 18.9 Å². The van der Waals surface area contributed by atoms with Crippen LogP contribution in [0.5, 0.6) is 5.75 Å². The van der Waals surface area contributed by atoms with Gasteiger partial charge in [-0.05, 0) is 69.2 Å². The Bertz CT molecular complexity index is 884. The van der Waals surface area contributed by atoms with Crippen LogP contribution in [0.2, 0.25) is 0 Å². The first kappa shape index (κ1) is 21.6. The van der Waals surface area contributed by atoms with E-state index in [2.05, 4.69) is 16.0 Å². The van der Waals surface area contributed by atoms with E-state index in [1.807, 2.05) is 45.2 Å². The van der Waals surface area contributed by atoms with Crippen LogP contribution in [-0.2, 0) is 16.1 Å². The molecule has 2 aliphatic rings. The average Bonchev–Trinajstić information content (AvgIpc) is 3.46. The summed E-state index contributed by atoms with van der Waals surface area (Å²) in [5.74, 6) is 1.71. The molecular weight excluding hydrogens is 394 g/mol. The van der Waals surface area contributed by atoms with Gasteiger partial charge in [-0.15, -0.1) is 0 Å². The fourth-order valence-corrected chi connectivity index (χ4v) is 3.72. The first-order valence-electron chi connectivity index (χ1n) is 10.9. The maximum atomic E-state index is 12.2. The van der Waals surface area contributed by atoms with E-state index in [1.165, 1.54) is 5.56 Å². The lowest BCUT2D eigenvalue weighted by molar-refractivity contribution is -0.0141. The summed E-state index contributed by atoms with van der Waals surface area (Å²) >= 11 is 0. The summed E-state index contributed by atoms with van der Waals surface area (Å²) in [7, 11) is 0. The Kier molecular flexibility index (Phi) is 6.41. The van der Waals surface area contributed by atoms with Crippen molar-refractivity contribution in [3.63, 3.8) is 0 Å². The van der Waals surface area contributed by atoms with Crippen molar-refractivity contribution in [1.29, 1.82) is 0 Å². The number of aromatic nitrogens is 2. The van der Waals surface area contributed by atoms with Crippen LogP contribution in [0, 0.1) is 5.92 Å². The van der Waals surface area contributed by atoms with E-state index >= 15 is 0 Å². The summed E-state index contributed by atoms with van der Waals surface area (Å²) < 4.78 is 17.3. The summed E-state index contributed by atoms with van der Waals surface area (Å²) in [6.07, 6.45) is 7.17. The molecule has 2 aromatic rings. The van der Waals surface area contributed by atoms with Crippen molar-refractivity contribution in [2.24, 2.45) is 5.92 Å². The van der Waals surface area contributed by atoms with Crippen molar-refractivity contribution in [2.75, 3.05) is 19.8 Å². The van der Waals surface area contributed by atoms with Crippen LogP contribution in [0.25, 0.3) is 0 Å². The molecule has 4 rings (SSSR count). The van der Waals surface area contributed by atoms with Crippen LogP contribution in [0.3, 0.4) is 0 Å². The predicted molar refractivity (Wildman–Crippen MR) is 116 cm³/mol. The number of likely N-dealkylation sites (tertiary alicyclic amines) is 1. The predicted octanol–water partition coefficient (Wildman–Crippen LogP) is 4.19. The van der Waals surface area contributed by atoms with Gasteiger partial charge in [0.1, 0.15) is 18.0 Å². The van der Waals surface area contributed by atoms with Crippen molar-refractivity contribution in [3.05, 3.63) is 54.1 Å². The summed E-state index contributed by atoms with van der Waals surface area (Å²) in [6.45, 7) is 8.06. The fraction of sp³-hybridized carbons (Fsp3) is 0.542. The molecule has 0 spiro atoms. The van der Waals surface area contributed by atoms with E-state index in [0.717, 1.165) is 30.9 Å². The Labute approximate surface area is 183 Å². The number of carbonyl (C=O) groups is 1. The molecule has 31 heavy (non-hydrogen) atoms. The van der Waals surface area contributed by atoms with Crippen molar-refractivity contribution >= 4 is 6.09 Å². The molecule has 1 saturated heterocycles. The molecule has 7 nitrogen and oxygen atoms in total. The van der Waals surface area contributed by atoms with E-state index in [9.17, 15) is 4.79 Å². The molecule has 0 aromatic carbocycles. The number of nitrogens with zero attached hydrogens (tertiary/aromatic N) is 3. The third kappa shape index (κ3) is 5.94. The third-order valence-electron chi connectivity index (χ3n) is 5.61. The summed E-state index contributed by atoms with van der Waals surface area (Å²) in [6, 6.07) is 7.96. The van der Waals surface area contributed by atoms with Gasteiger partial charge < -0.3 is 19.1 Å². The zero-order valence-corrected chi connectivity index (χ0v) is 18.5. The van der Waals surface area contributed by atoms with Gasteiger partial charge in [-0.3, -0.25) is 9.97 Å². The molecular formula is C24H31N3O4. The lowest BCUT2D eigenvalue weighted by atomic mass is 10.1. The van der Waals surface area contributed by atoms with Crippen molar-refractivity contribution in [2.45, 2.75) is 57.8 Å². The number of hydrogen-bond donors (Lipinski definition) is 0. The highest BCUT2D eigenvalue weighted by molar-refractivity contribution is 5.69. The number of pyridine rings is 2. The second-order valence-corrected chi connectivity index (χ2v) is 9.32. The molecule has 0 N–H and O–H groups in total. The first-order chi connectivity index (χ1) is 14.9. The highest BCUT2D eigenvalue weighted by atomic mass is 16.6. The largest absolute Gasteiger partial charge is 0.490 e. The molecule has 0 radical (unpaired) electrons. The monoisotopic (exact) mass is 425 g/mol. The number of carbonyl (C=O) groups excluding carboxylic acids is 1. The second kappa shape index (κ2) is 9.22. The smallest absolute Gasteiger partial charge is 0.410 e. The summed E-state index contributed by atoms with van der Waals surface area (Å²) in [4.78, 5) is 22.6. The lowest BCUT2D eigenvalue weighted by Crippen LogP contribution is -2.55. The Balaban J connectivity index is 1.22. The number of ether oxygens (including phenoxy) is 3. The van der Waals surface area contributed by atoms with Crippen LogP contribution in [-0.4, -0.2) is 52.4 Å². The number of rotatable bonds is 8. The minimum atomic E-state index is -0.488. The lowest BCUT2D eigenvalue weighted by Gasteiger charge is -2.40. The van der Waals surface area contributed by atoms with E-state index in [0.29, 0.717) is 31.6 Å². The maximum absolute atomic E-state index is 12.2. The van der Waals surface area contributed by atoms with E-state index in [-0.39, 0.29) is 12.1 Å². The topological polar surface area (TPSA) is 73.8 Å². The quantitative estimate of drug-likeness (QED) is 0.632. The van der Waals surface area contributed by atoms with Crippen molar-refractivity contribution < 1.29 is 19.0 Å².